The molecule has 6 heteroatoms. The van der Waals surface area contributed by atoms with Crippen LogP contribution in [0.15, 0.2) is 18.2 Å². The molecule has 2 aliphatic rings. The van der Waals surface area contributed by atoms with Crippen molar-refractivity contribution in [1.82, 2.24) is 9.47 Å². The molecule has 1 aromatic heterocycles. The molecule has 2 fully saturated rings. The van der Waals surface area contributed by atoms with Gasteiger partial charge in [-0.05, 0) is 51.3 Å². The maximum absolute atomic E-state index is 13.5. The van der Waals surface area contributed by atoms with Gasteiger partial charge in [0.05, 0.1) is 18.1 Å². The van der Waals surface area contributed by atoms with Crippen molar-refractivity contribution >= 4 is 22.8 Å². The molecule has 1 aliphatic heterocycles. The zero-order valence-corrected chi connectivity index (χ0v) is 16.8. The monoisotopic (exact) mass is 384 g/mol. The normalized spacial score (nSPS) is 22.9. The van der Waals surface area contributed by atoms with E-state index in [-0.39, 0.29) is 12.5 Å². The van der Waals surface area contributed by atoms with Crippen LogP contribution < -0.4 is 4.74 Å². The highest BCUT2D eigenvalue weighted by atomic mass is 16.5. The maximum Gasteiger partial charge on any atom is 0.311 e. The van der Waals surface area contributed by atoms with Crippen LogP contribution in [0, 0.1) is 12.3 Å². The fourth-order valence-corrected chi connectivity index (χ4v) is 4.92. The second-order valence-electron chi connectivity index (χ2n) is 8.49. The van der Waals surface area contributed by atoms with Gasteiger partial charge in [-0.1, -0.05) is 12.8 Å². The van der Waals surface area contributed by atoms with Crippen molar-refractivity contribution in [2.45, 2.75) is 52.0 Å². The van der Waals surface area contributed by atoms with Crippen LogP contribution in [0.25, 0.3) is 10.9 Å². The minimum absolute atomic E-state index is 0.0718. The molecular formula is C22H28N2O4. The van der Waals surface area contributed by atoms with E-state index in [1.165, 1.54) is 12.8 Å². The number of benzene rings is 1. The molecule has 1 aromatic carbocycles. The number of likely N-dealkylation sites (tertiary alicyclic amines) is 1. The van der Waals surface area contributed by atoms with E-state index in [4.69, 9.17) is 4.74 Å². The summed E-state index contributed by atoms with van der Waals surface area (Å²) in [6.45, 7) is 4.46. The van der Waals surface area contributed by atoms with E-state index in [1.54, 1.807) is 18.9 Å². The number of hydrogen-bond acceptors (Lipinski definition) is 3. The third-order valence-corrected chi connectivity index (χ3v) is 6.64. The van der Waals surface area contributed by atoms with Crippen LogP contribution in [0.4, 0.5) is 0 Å². The van der Waals surface area contributed by atoms with Gasteiger partial charge in [0.15, 0.2) is 0 Å². The molecule has 0 spiro atoms. The summed E-state index contributed by atoms with van der Waals surface area (Å²) in [4.78, 5) is 26.8. The van der Waals surface area contributed by atoms with Crippen molar-refractivity contribution in [2.75, 3.05) is 20.2 Å². The Morgan fingerprint density at radius 3 is 2.57 bits per heavy atom. The van der Waals surface area contributed by atoms with Gasteiger partial charge in [-0.3, -0.25) is 9.59 Å². The Hall–Kier alpha value is -2.50. The fourth-order valence-electron chi connectivity index (χ4n) is 4.92. The predicted octanol–water partition coefficient (Wildman–Crippen LogP) is 4.01. The molecule has 0 bridgehead atoms. The number of carbonyl (C=O) groups is 2. The molecule has 1 unspecified atom stereocenters. The molecule has 2 aromatic rings. The van der Waals surface area contributed by atoms with Gasteiger partial charge in [-0.15, -0.1) is 0 Å². The molecule has 1 atom stereocenters. The first-order valence-electron chi connectivity index (χ1n) is 10.1. The number of hydrogen-bond donors (Lipinski definition) is 1. The largest absolute Gasteiger partial charge is 0.497 e. The third-order valence-electron chi connectivity index (χ3n) is 6.64. The lowest BCUT2D eigenvalue weighted by Crippen LogP contribution is -2.35. The highest BCUT2D eigenvalue weighted by Crippen LogP contribution is 2.39. The van der Waals surface area contributed by atoms with E-state index in [0.717, 1.165) is 35.2 Å². The van der Waals surface area contributed by atoms with Crippen LogP contribution in [-0.2, 0) is 4.79 Å². The van der Waals surface area contributed by atoms with E-state index >= 15 is 0 Å². The molecule has 28 heavy (non-hydrogen) atoms. The van der Waals surface area contributed by atoms with Crippen LogP contribution in [-0.4, -0.2) is 46.6 Å². The van der Waals surface area contributed by atoms with Crippen LogP contribution in [0.3, 0.4) is 0 Å². The van der Waals surface area contributed by atoms with Crippen LogP contribution in [0.5, 0.6) is 5.75 Å². The average molecular weight is 384 g/mol. The number of aromatic nitrogens is 1. The molecular weight excluding hydrogens is 356 g/mol. The van der Waals surface area contributed by atoms with Gasteiger partial charge in [0.1, 0.15) is 5.75 Å². The number of carbonyl (C=O) groups excluding carboxylic acids is 1. The van der Waals surface area contributed by atoms with Gasteiger partial charge in [-0.25, -0.2) is 0 Å². The predicted molar refractivity (Wildman–Crippen MR) is 107 cm³/mol. The van der Waals surface area contributed by atoms with E-state index in [0.29, 0.717) is 24.6 Å². The molecule has 0 radical (unpaired) electrons. The highest BCUT2D eigenvalue weighted by Gasteiger charge is 2.43. The maximum atomic E-state index is 13.5. The molecule has 150 valence electrons. The number of nitrogens with zero attached hydrogens (tertiary/aromatic N) is 2. The number of amides is 1. The van der Waals surface area contributed by atoms with Crippen molar-refractivity contribution in [1.29, 1.82) is 0 Å². The smallest absolute Gasteiger partial charge is 0.311 e. The van der Waals surface area contributed by atoms with Crippen LogP contribution >= 0.6 is 0 Å². The van der Waals surface area contributed by atoms with E-state index in [1.807, 2.05) is 25.1 Å². The van der Waals surface area contributed by atoms with Gasteiger partial charge in [0.2, 0.25) is 0 Å². The fraction of sp³-hybridized carbons (Fsp3) is 0.545. The zero-order valence-electron chi connectivity index (χ0n) is 16.8. The molecule has 1 amide bonds. The average Bonchev–Trinajstić information content (AvgIpc) is 3.38. The molecule has 1 saturated heterocycles. The summed E-state index contributed by atoms with van der Waals surface area (Å²) >= 11 is 0. The summed E-state index contributed by atoms with van der Waals surface area (Å²) in [5, 5.41) is 10.4. The summed E-state index contributed by atoms with van der Waals surface area (Å²) in [5.41, 5.74) is 1.86. The molecule has 2 heterocycles. The topological polar surface area (TPSA) is 71.8 Å². The lowest BCUT2D eigenvalue weighted by Gasteiger charge is -2.21. The van der Waals surface area contributed by atoms with Gasteiger partial charge < -0.3 is 19.3 Å². The first-order chi connectivity index (χ1) is 13.4. The van der Waals surface area contributed by atoms with Gasteiger partial charge in [0, 0.05) is 35.7 Å². The van der Waals surface area contributed by atoms with Crippen LogP contribution in [0.1, 0.15) is 61.1 Å². The third kappa shape index (κ3) is 2.86. The Kier molecular flexibility index (Phi) is 4.60. The second kappa shape index (κ2) is 6.83. The number of carboxylic acids is 1. The summed E-state index contributed by atoms with van der Waals surface area (Å²) in [5.74, 6) is -0.186. The minimum Gasteiger partial charge on any atom is -0.497 e. The zero-order chi connectivity index (χ0) is 20.1. The summed E-state index contributed by atoms with van der Waals surface area (Å²) < 4.78 is 7.73. The lowest BCUT2D eigenvalue weighted by molar-refractivity contribution is -0.147. The quantitative estimate of drug-likeness (QED) is 0.864. The summed E-state index contributed by atoms with van der Waals surface area (Å²) in [7, 11) is 1.63. The SMILES string of the molecule is COc1ccc2c(c1)c(C(=O)N1CCC(C)(C(=O)O)C1)c(C)n2C1CCCC1. The first kappa shape index (κ1) is 18.8. The Balaban J connectivity index is 1.80. The molecule has 1 N–H and O–H groups in total. The minimum atomic E-state index is -0.870. The van der Waals surface area contributed by atoms with Crippen LogP contribution in [0.2, 0.25) is 0 Å². The number of aliphatic carboxylic acids is 1. The van der Waals surface area contributed by atoms with E-state index < -0.39 is 11.4 Å². The Labute approximate surface area is 165 Å². The Morgan fingerprint density at radius 2 is 1.96 bits per heavy atom. The number of carboxylic acid groups (broad SMARTS) is 1. The standard InChI is InChI=1S/C22H28N2O4/c1-14-19(20(25)23-11-10-22(2,13-23)21(26)27)17-12-16(28-3)8-9-18(17)24(14)15-6-4-5-7-15/h8-9,12,15H,4-7,10-11,13H2,1-3H3,(H,26,27). The number of rotatable bonds is 4. The molecule has 1 aliphatic carbocycles. The number of ether oxygens (including phenoxy) is 1. The lowest BCUT2D eigenvalue weighted by atomic mass is 9.90. The van der Waals surface area contributed by atoms with Crippen molar-refractivity contribution in [2.24, 2.45) is 5.41 Å². The summed E-state index contributed by atoms with van der Waals surface area (Å²) in [6, 6.07) is 6.34. The molecule has 4 rings (SSSR count). The van der Waals surface area contributed by atoms with E-state index in [2.05, 4.69) is 4.57 Å². The Bertz CT molecular complexity index is 942. The number of fused-ring (bicyclic) bond motifs is 1. The second-order valence-corrected chi connectivity index (χ2v) is 8.49. The van der Waals surface area contributed by atoms with Gasteiger partial charge in [-0.2, -0.15) is 0 Å². The van der Waals surface area contributed by atoms with Crippen molar-refractivity contribution in [3.8, 4) is 5.75 Å². The highest BCUT2D eigenvalue weighted by molar-refractivity contribution is 6.09. The molecule has 6 nitrogen and oxygen atoms in total. The molecule has 1 saturated carbocycles. The Morgan fingerprint density at radius 1 is 1.25 bits per heavy atom. The van der Waals surface area contributed by atoms with Gasteiger partial charge >= 0.3 is 5.97 Å². The van der Waals surface area contributed by atoms with E-state index in [9.17, 15) is 14.7 Å². The summed E-state index contributed by atoms with van der Waals surface area (Å²) in [6.07, 6.45) is 5.17. The van der Waals surface area contributed by atoms with Crippen molar-refractivity contribution in [3.63, 3.8) is 0 Å². The van der Waals surface area contributed by atoms with Gasteiger partial charge in [0.25, 0.3) is 5.91 Å². The van der Waals surface area contributed by atoms with Crippen molar-refractivity contribution in [3.05, 3.63) is 29.5 Å². The first-order valence-corrected chi connectivity index (χ1v) is 10.1. The number of methoxy groups -OCH3 is 1. The van der Waals surface area contributed by atoms with Crippen molar-refractivity contribution < 1.29 is 19.4 Å².